The van der Waals surface area contributed by atoms with Crippen molar-refractivity contribution in [3.05, 3.63) is 373 Å². The summed E-state index contributed by atoms with van der Waals surface area (Å²) in [5.74, 6) is 5.54. The average molecular weight is 1860 g/mol. The predicted molar refractivity (Wildman–Crippen MR) is 561 cm³/mol. The van der Waals surface area contributed by atoms with Crippen LogP contribution < -0.4 is 34.4 Å². The van der Waals surface area contributed by atoms with Crippen LogP contribution >= 0.6 is 47.0 Å². The molecule has 16 rings (SSSR count). The highest BCUT2D eigenvalue weighted by Gasteiger charge is 2.32. The normalized spacial score (nSPS) is 12.5. The molecule has 0 bridgehead atoms. The van der Waals surface area contributed by atoms with E-state index in [2.05, 4.69) is 356 Å². The van der Waals surface area contributed by atoms with E-state index in [4.69, 9.17) is 8.83 Å². The summed E-state index contributed by atoms with van der Waals surface area (Å²) < 4.78 is 81.5. The zero-order valence-corrected chi connectivity index (χ0v) is 81.9. The molecule has 0 spiro atoms. The molecule has 1 N–H and O–H groups in total. The number of aryl methyl sites for hydroxylation is 4. The molecule has 4 aliphatic rings. The van der Waals surface area contributed by atoms with Gasteiger partial charge in [0.1, 0.15) is 35.8 Å². The number of anilines is 4. The lowest BCUT2D eigenvalue weighted by Crippen LogP contribution is -2.31. The van der Waals surface area contributed by atoms with E-state index in [9.17, 15) is 16.8 Å². The number of rotatable bonds is 40. The van der Waals surface area contributed by atoms with E-state index < -0.39 is 20.0 Å². The fraction of sp³-hybridized carbons (Fsp3) is 0.246. The van der Waals surface area contributed by atoms with Gasteiger partial charge in [-0.05, 0) is 185 Å². The van der Waals surface area contributed by atoms with Crippen LogP contribution in [0.2, 0.25) is 0 Å². The molecule has 0 fully saturated rings. The molecule has 676 valence electrons. The van der Waals surface area contributed by atoms with Gasteiger partial charge >= 0.3 is 0 Å². The maximum atomic E-state index is 14.5. The van der Waals surface area contributed by atoms with E-state index in [0.717, 1.165) is 178 Å². The maximum absolute atomic E-state index is 14.5. The third kappa shape index (κ3) is 23.5. The minimum Gasteiger partial charge on any atom is -0.456 e. The Hall–Kier alpha value is -11.2. The smallest absolute Gasteiger partial charge is 0.243 e. The Kier molecular flexibility index (Phi) is 33.6. The van der Waals surface area contributed by atoms with E-state index in [-0.39, 0.29) is 15.7 Å². The molecule has 2 aliphatic heterocycles. The third-order valence-corrected chi connectivity index (χ3v) is 32.4. The number of hydrogen-bond donors (Lipinski definition) is 1. The fourth-order valence-corrected chi connectivity index (χ4v) is 23.9. The second-order valence-electron chi connectivity index (χ2n) is 33.3. The largest absolute Gasteiger partial charge is 0.456 e. The predicted octanol–water partition coefficient (Wildman–Crippen LogP) is 28.4. The number of nitrogens with zero attached hydrogens (tertiary/aromatic N) is 5. The van der Waals surface area contributed by atoms with E-state index in [0.29, 0.717) is 53.4 Å². The number of nitrogens with one attached hydrogen (secondary N) is 1. The van der Waals surface area contributed by atoms with Gasteiger partial charge in [0, 0.05) is 191 Å². The molecule has 1 unspecified atom stereocenters. The highest BCUT2D eigenvalue weighted by Crippen LogP contribution is 2.47. The Labute approximate surface area is 798 Å². The summed E-state index contributed by atoms with van der Waals surface area (Å²) in [6.07, 6.45) is 7.92. The van der Waals surface area contributed by atoms with Crippen LogP contribution in [0.3, 0.4) is 0 Å². The number of unbranched alkanes of at least 4 members (excludes halogenated alkanes) is 1. The zero-order valence-electron chi connectivity index (χ0n) is 77.0. The van der Waals surface area contributed by atoms with Crippen LogP contribution in [0.15, 0.2) is 378 Å². The molecule has 0 radical (unpaired) electrons. The Morgan fingerprint density at radius 3 is 1.14 bits per heavy atom. The van der Waals surface area contributed by atoms with Gasteiger partial charge in [-0.15, -0.1) is 47.0 Å². The van der Waals surface area contributed by atoms with Gasteiger partial charge in [0.2, 0.25) is 42.1 Å². The molecule has 12 aromatic carbocycles. The zero-order chi connectivity index (χ0) is 91.8. The monoisotopic (exact) mass is 1860 g/mol. The molecule has 0 saturated heterocycles. The van der Waals surface area contributed by atoms with Gasteiger partial charge in [-0.25, -0.2) is 21.6 Å². The number of hydrogen-bond acceptors (Lipinski definition) is 12. The molecule has 0 saturated carbocycles. The van der Waals surface area contributed by atoms with Crippen molar-refractivity contribution >= 4 is 123 Å². The lowest BCUT2D eigenvalue weighted by Gasteiger charge is -2.27. The highest BCUT2D eigenvalue weighted by atomic mass is 32.2. The van der Waals surface area contributed by atoms with Gasteiger partial charge < -0.3 is 18.6 Å². The molecular weight excluding hydrogens is 1740 g/mol. The number of benzene rings is 14. The SMILES string of the molecule is CCCCC(CC)CNS(=O)(=O)c1ccccc1-c1c2ccc(=[N+](CCCSc3ccccc3)c3ccccc3C)cc-2oc2cc(N(CCCSc3ccccc3)c3ccccc3C)ccc12.CCN(CC)S(=O)(=O)c1ccccc1-c1c2ccc(=[N+](CCCSc3ccccc3)c3ccccc3C)cc-2oc2cc(N(CCCSc3ccccc3)c3ccccc3C)ccc12. The summed E-state index contributed by atoms with van der Waals surface area (Å²) >= 11 is 7.50. The number of para-hydroxylation sites is 4. The summed E-state index contributed by atoms with van der Waals surface area (Å²) in [6.45, 7) is 21.1. The van der Waals surface area contributed by atoms with E-state index in [1.54, 1.807) is 12.1 Å². The summed E-state index contributed by atoms with van der Waals surface area (Å²) in [7, 11) is -7.72. The first-order valence-electron chi connectivity index (χ1n) is 46.4. The molecule has 0 amide bonds. The van der Waals surface area contributed by atoms with Crippen LogP contribution in [-0.2, 0) is 20.0 Å². The van der Waals surface area contributed by atoms with Crippen molar-refractivity contribution in [1.29, 1.82) is 0 Å². The average Bonchev–Trinajstić information content (AvgIpc) is 0.740. The van der Waals surface area contributed by atoms with Crippen LogP contribution in [0.5, 0.6) is 0 Å². The Morgan fingerprint density at radius 1 is 0.364 bits per heavy atom. The van der Waals surface area contributed by atoms with Gasteiger partial charge in [-0.2, -0.15) is 13.5 Å². The van der Waals surface area contributed by atoms with Crippen molar-refractivity contribution in [3.63, 3.8) is 0 Å². The van der Waals surface area contributed by atoms with E-state index in [1.165, 1.54) is 46.1 Å². The molecule has 12 aromatic rings. The molecule has 2 aliphatic carbocycles. The van der Waals surface area contributed by atoms with Crippen molar-refractivity contribution in [2.75, 3.05) is 78.6 Å². The Balaban J connectivity index is 0.000000202. The van der Waals surface area contributed by atoms with Gasteiger partial charge in [-0.3, -0.25) is 0 Å². The highest BCUT2D eigenvalue weighted by molar-refractivity contribution is 8.00. The Bertz CT molecular complexity index is 6870. The molecule has 0 aromatic heterocycles. The van der Waals surface area contributed by atoms with Crippen molar-refractivity contribution < 1.29 is 25.7 Å². The number of sulfonamides is 2. The van der Waals surface area contributed by atoms with Crippen LogP contribution in [0.25, 0.3) is 66.8 Å². The quantitative estimate of drug-likeness (QED) is 0.0170. The van der Waals surface area contributed by atoms with Crippen molar-refractivity contribution in [3.8, 4) is 44.9 Å². The van der Waals surface area contributed by atoms with Gasteiger partial charge in [-0.1, -0.05) is 229 Å². The lowest BCUT2D eigenvalue weighted by atomic mass is 9.93. The maximum Gasteiger partial charge on any atom is 0.243 e. The standard InChI is InChI=1S/C59H64N3O3S3.C55H56N3O3S3/c1-5-7-24-46(6-2)43-60-68(63,64)58-32-19-16-29-53(58)59-51-35-33-47(61(54-30-17-14-22-44(54)3)37-20-39-66-49-25-10-8-11-26-49)41-56(51)65-57-42-48(34-36-52(57)59)62(55-31-18-15-23-45(55)4)38-21-40-67-50-27-12-9-13-28-50;1-5-56(6-2)64(59,60)54-30-18-15-27-49(54)55-47-33-31-43(57(50-28-16-13-21-41(50)3)35-19-37-62-45-23-9-7-10-24-45)39-52(47)61-53-40-44(32-34-48(53)55)58(51-29-17-14-22-42(51)4)36-20-38-63-46-25-11-8-12-26-46/h8-19,22-23,25-36,41-42,46,60H,5-7,20-21,24,37-40,43H2,1-4H3;7-18,21-34,39-40H,5-6,19-20,35-38H2,1-4H3/q2*+1. The fourth-order valence-electron chi connectivity index (χ4n) is 17.5. The van der Waals surface area contributed by atoms with Gasteiger partial charge in [0.15, 0.2) is 0 Å². The van der Waals surface area contributed by atoms with Crippen molar-refractivity contribution in [2.24, 2.45) is 5.92 Å². The van der Waals surface area contributed by atoms with Crippen LogP contribution in [0.4, 0.5) is 34.1 Å². The van der Waals surface area contributed by atoms with Gasteiger partial charge in [0.05, 0.1) is 21.9 Å². The second kappa shape index (κ2) is 46.5. The van der Waals surface area contributed by atoms with Gasteiger partial charge in [0.25, 0.3) is 0 Å². The first-order valence-corrected chi connectivity index (χ1v) is 53.3. The summed E-state index contributed by atoms with van der Waals surface area (Å²) in [6, 6.07) is 117. The number of fused-ring (bicyclic) bond motifs is 4. The first-order chi connectivity index (χ1) is 64.5. The third-order valence-electron chi connectivity index (χ3n) is 24.4. The minimum atomic E-state index is -3.90. The summed E-state index contributed by atoms with van der Waals surface area (Å²) in [4.78, 5) is 10.4. The summed E-state index contributed by atoms with van der Waals surface area (Å²) in [5.41, 5.74) is 17.4. The summed E-state index contributed by atoms with van der Waals surface area (Å²) in [5, 5.41) is 3.73. The van der Waals surface area contributed by atoms with Crippen LogP contribution in [0.1, 0.15) is 101 Å². The lowest BCUT2D eigenvalue weighted by molar-refractivity contribution is 0.443. The molecule has 12 nitrogen and oxygen atoms in total. The molecular formula is C114H120N6O6S6+2. The topological polar surface area (TPSA) is 122 Å². The second-order valence-corrected chi connectivity index (χ2v) is 41.7. The molecule has 132 heavy (non-hydrogen) atoms. The van der Waals surface area contributed by atoms with E-state index in [1.807, 2.05) is 97.3 Å². The van der Waals surface area contributed by atoms with E-state index >= 15 is 0 Å². The molecule has 18 heteroatoms. The first kappa shape index (κ1) is 95.5. The van der Waals surface area contributed by atoms with Crippen molar-refractivity contribution in [2.45, 2.75) is 136 Å². The molecule has 1 atom stereocenters. The molecule has 2 heterocycles. The van der Waals surface area contributed by atoms with Crippen LogP contribution in [0, 0.1) is 33.6 Å². The Morgan fingerprint density at radius 2 is 0.735 bits per heavy atom. The van der Waals surface area contributed by atoms with Crippen LogP contribution in [-0.4, -0.2) is 90.0 Å². The minimum absolute atomic E-state index is 0.266. The van der Waals surface area contributed by atoms with Crippen molar-refractivity contribution in [1.82, 2.24) is 18.2 Å². The number of thioether (sulfide) groups is 4.